The van der Waals surface area contributed by atoms with Gasteiger partial charge in [0.15, 0.2) is 0 Å². The van der Waals surface area contributed by atoms with Crippen molar-refractivity contribution in [2.24, 2.45) is 5.41 Å². The number of amides is 1. The van der Waals surface area contributed by atoms with Gasteiger partial charge in [0.1, 0.15) is 5.82 Å². The van der Waals surface area contributed by atoms with Gasteiger partial charge >= 0.3 is 11.9 Å². The van der Waals surface area contributed by atoms with Crippen molar-refractivity contribution in [3.05, 3.63) is 51.2 Å². The van der Waals surface area contributed by atoms with Crippen molar-refractivity contribution in [3.63, 3.8) is 0 Å². The molecule has 1 spiro atoms. The van der Waals surface area contributed by atoms with E-state index in [0.717, 1.165) is 36.7 Å². The highest BCUT2D eigenvalue weighted by molar-refractivity contribution is 7.99. The van der Waals surface area contributed by atoms with E-state index < -0.39 is 17.4 Å². The topological polar surface area (TPSA) is 58.4 Å². The van der Waals surface area contributed by atoms with Crippen LogP contribution >= 0.6 is 34.7 Å². The molecule has 0 unspecified atom stereocenters. The van der Waals surface area contributed by atoms with Gasteiger partial charge in [-0.05, 0) is 36.5 Å². The molecule has 38 heavy (non-hydrogen) atoms. The molecule has 12 heteroatoms. The molecule has 3 aliphatic rings. The molecule has 200 valence electrons. The molecule has 2 aromatic heterocycles. The van der Waals surface area contributed by atoms with Crippen LogP contribution in [0.4, 0.5) is 19.0 Å². The number of benzene rings is 1. The second-order valence-electron chi connectivity index (χ2n) is 10.1. The molecule has 0 radical (unpaired) electrons. The van der Waals surface area contributed by atoms with Crippen LogP contribution in [0, 0.1) is 5.41 Å². The number of carbonyl (C=O) groups is 1. The van der Waals surface area contributed by atoms with E-state index in [9.17, 15) is 22.8 Å². The zero-order valence-corrected chi connectivity index (χ0v) is 22.7. The van der Waals surface area contributed by atoms with Gasteiger partial charge in [0.05, 0.1) is 16.1 Å². The minimum Gasteiger partial charge on any atom is -0.352 e. The molecule has 0 atom stereocenters. The van der Waals surface area contributed by atoms with E-state index in [-0.39, 0.29) is 22.7 Å². The lowest BCUT2D eigenvalue weighted by Crippen LogP contribution is -2.49. The summed E-state index contributed by atoms with van der Waals surface area (Å²) >= 11 is 8.73. The summed E-state index contributed by atoms with van der Waals surface area (Å²) in [5.41, 5.74) is -0.768. The summed E-state index contributed by atoms with van der Waals surface area (Å²) in [6.45, 7) is 5.38. The fraction of sp³-hybridized carbons (Fsp3) is 0.423. The second-order valence-corrected chi connectivity index (χ2v) is 12.4. The van der Waals surface area contributed by atoms with E-state index in [1.54, 1.807) is 20.9 Å². The summed E-state index contributed by atoms with van der Waals surface area (Å²) in [7, 11) is 0. The van der Waals surface area contributed by atoms with E-state index in [4.69, 9.17) is 11.6 Å². The molecule has 1 aromatic carbocycles. The summed E-state index contributed by atoms with van der Waals surface area (Å²) in [4.78, 5) is 34.3. The molecule has 0 bridgehead atoms. The number of nitrogens with zero attached hydrogens (tertiary/aromatic N) is 4. The van der Waals surface area contributed by atoms with Gasteiger partial charge in [-0.1, -0.05) is 24.6 Å². The molecule has 0 N–H and O–H groups in total. The number of piperazine rings is 1. The molecule has 1 aliphatic carbocycles. The summed E-state index contributed by atoms with van der Waals surface area (Å²) in [6, 6.07) is 2.71. The van der Waals surface area contributed by atoms with Gasteiger partial charge in [0, 0.05) is 64.6 Å². The van der Waals surface area contributed by atoms with Crippen LogP contribution in [0.25, 0.3) is 21.3 Å². The van der Waals surface area contributed by atoms with Crippen LogP contribution in [0.1, 0.15) is 24.8 Å². The third-order valence-corrected chi connectivity index (χ3v) is 10.6. The van der Waals surface area contributed by atoms with Crippen molar-refractivity contribution in [2.75, 3.05) is 36.8 Å². The van der Waals surface area contributed by atoms with Crippen LogP contribution in [0.5, 0.6) is 0 Å². The lowest BCUT2D eigenvalue weighted by Gasteiger charge is -2.41. The van der Waals surface area contributed by atoms with Crippen molar-refractivity contribution >= 4 is 57.3 Å². The Bertz CT molecular complexity index is 1520. The number of thiophene rings is 1. The molecule has 4 heterocycles. The van der Waals surface area contributed by atoms with Gasteiger partial charge < -0.3 is 9.80 Å². The van der Waals surface area contributed by atoms with E-state index in [1.165, 1.54) is 17.8 Å². The van der Waals surface area contributed by atoms with Crippen molar-refractivity contribution < 1.29 is 18.0 Å². The van der Waals surface area contributed by atoms with Gasteiger partial charge in [-0.15, -0.1) is 23.1 Å². The highest BCUT2D eigenvalue weighted by Crippen LogP contribution is 2.54. The first-order valence-electron chi connectivity index (χ1n) is 12.3. The van der Waals surface area contributed by atoms with Crippen LogP contribution in [0.3, 0.4) is 0 Å². The predicted octanol–water partition coefficient (Wildman–Crippen LogP) is 5.91. The van der Waals surface area contributed by atoms with Crippen LogP contribution in [-0.2, 0) is 17.5 Å². The van der Waals surface area contributed by atoms with Crippen molar-refractivity contribution in [1.29, 1.82) is 0 Å². The number of carbonyl (C=O) groups excluding carboxylic acids is 1. The summed E-state index contributed by atoms with van der Waals surface area (Å²) in [5, 5.41) is 2.31. The molecule has 1 saturated heterocycles. The lowest BCUT2D eigenvalue weighted by atomic mass is 9.70. The SMILES string of the molecule is C=CC(=O)N1CCN(c2nc(=O)n3c4c(c(-c5cc(Cl)cs5)c(C(F)(F)F)cc24)SCC2(CCC2)C3)CC1. The maximum atomic E-state index is 14.7. The van der Waals surface area contributed by atoms with Gasteiger partial charge in [-0.25, -0.2) is 4.79 Å². The second kappa shape index (κ2) is 9.31. The summed E-state index contributed by atoms with van der Waals surface area (Å²) < 4.78 is 45.6. The maximum absolute atomic E-state index is 14.7. The Hall–Kier alpha value is -2.50. The van der Waals surface area contributed by atoms with E-state index in [2.05, 4.69) is 11.6 Å². The summed E-state index contributed by atoms with van der Waals surface area (Å²) in [6.07, 6.45) is -0.502. The predicted molar refractivity (Wildman–Crippen MR) is 145 cm³/mol. The van der Waals surface area contributed by atoms with Crippen LogP contribution in [0.15, 0.2) is 39.9 Å². The largest absolute Gasteiger partial charge is 0.417 e. The minimum atomic E-state index is -4.63. The van der Waals surface area contributed by atoms with Crippen LogP contribution in [-0.4, -0.2) is 52.3 Å². The van der Waals surface area contributed by atoms with E-state index in [0.29, 0.717) is 64.2 Å². The van der Waals surface area contributed by atoms with Crippen LogP contribution < -0.4 is 10.6 Å². The van der Waals surface area contributed by atoms with E-state index >= 15 is 0 Å². The van der Waals surface area contributed by atoms with Crippen molar-refractivity contribution in [3.8, 4) is 10.4 Å². The Balaban J connectivity index is 1.61. The number of halogens is 4. The average molecular weight is 581 g/mol. The molecular weight excluding hydrogens is 557 g/mol. The quantitative estimate of drug-likeness (QED) is 0.361. The zero-order valence-electron chi connectivity index (χ0n) is 20.3. The number of anilines is 1. The first-order chi connectivity index (χ1) is 18.1. The minimum absolute atomic E-state index is 0.0787. The molecule has 6 rings (SSSR count). The Kier molecular flexibility index (Phi) is 6.31. The van der Waals surface area contributed by atoms with Gasteiger partial charge in [-0.3, -0.25) is 9.36 Å². The number of rotatable bonds is 3. The Morgan fingerprint density at radius 1 is 1.18 bits per heavy atom. The Morgan fingerprint density at radius 3 is 2.50 bits per heavy atom. The fourth-order valence-corrected chi connectivity index (χ4v) is 8.44. The maximum Gasteiger partial charge on any atom is 0.417 e. The number of aromatic nitrogens is 2. The molecular formula is C26H24ClF3N4O2S2. The van der Waals surface area contributed by atoms with Gasteiger partial charge in [0.2, 0.25) is 5.91 Å². The molecule has 2 aliphatic heterocycles. The molecule has 6 nitrogen and oxygen atoms in total. The highest BCUT2D eigenvalue weighted by atomic mass is 35.5. The fourth-order valence-electron chi connectivity index (χ4n) is 5.69. The van der Waals surface area contributed by atoms with Crippen LogP contribution in [0.2, 0.25) is 5.02 Å². The monoisotopic (exact) mass is 580 g/mol. The average Bonchev–Trinajstić information content (AvgIpc) is 3.20. The highest BCUT2D eigenvalue weighted by Gasteiger charge is 2.43. The molecule has 1 amide bonds. The van der Waals surface area contributed by atoms with Gasteiger partial charge in [0.25, 0.3) is 0 Å². The van der Waals surface area contributed by atoms with Crippen molar-refractivity contribution in [1.82, 2.24) is 14.5 Å². The zero-order chi connectivity index (χ0) is 26.8. The molecule has 1 saturated carbocycles. The van der Waals surface area contributed by atoms with Crippen molar-refractivity contribution in [2.45, 2.75) is 36.9 Å². The van der Waals surface area contributed by atoms with Gasteiger partial charge in [-0.2, -0.15) is 18.2 Å². The normalized spacial score (nSPS) is 18.9. The number of hydrogen-bond donors (Lipinski definition) is 0. The number of thioether (sulfide) groups is 1. The molecule has 2 fully saturated rings. The number of hydrogen-bond acceptors (Lipinski definition) is 6. The number of alkyl halides is 3. The first kappa shape index (κ1) is 25.8. The third kappa shape index (κ3) is 4.23. The first-order valence-corrected chi connectivity index (χ1v) is 14.6. The smallest absolute Gasteiger partial charge is 0.352 e. The van der Waals surface area contributed by atoms with E-state index in [1.807, 2.05) is 4.90 Å². The Morgan fingerprint density at radius 2 is 1.92 bits per heavy atom. The third-order valence-electron chi connectivity index (χ3n) is 7.81. The lowest BCUT2D eigenvalue weighted by molar-refractivity contribution is -0.137. The Labute approximate surface area is 230 Å². The molecule has 3 aromatic rings. The standard InChI is InChI=1S/C26H24ClF3N4O2S2/c1-2-19(35)32-6-8-33(9-7-32)23-16-11-17(26(28,29)30)20(18-10-15(27)12-37-18)22-21(16)34(24(36)31-23)13-25(14-38-22)4-3-5-25/h2,10-12H,1,3-9,13-14H2. The summed E-state index contributed by atoms with van der Waals surface area (Å²) in [5.74, 6) is 0.667.